The number of aliphatic hydroxyl groups is 1. The highest BCUT2D eigenvalue weighted by Crippen LogP contribution is 2.46. The van der Waals surface area contributed by atoms with Crippen LogP contribution in [-0.4, -0.2) is 23.3 Å². The monoisotopic (exact) mass is 222 g/mol. The fourth-order valence-electron chi connectivity index (χ4n) is 2.10. The standard InChI is InChI=1S/C12H14O4/c1-16-11(14)8-6-12(15,7-8)9-2-4-10(13)5-3-9/h2-5,8,13,15H,6-7H2,1H3. The van der Waals surface area contributed by atoms with Crippen molar-refractivity contribution in [1.29, 1.82) is 0 Å². The van der Waals surface area contributed by atoms with Gasteiger partial charge in [0.2, 0.25) is 0 Å². The van der Waals surface area contributed by atoms with Crippen LogP contribution in [0.15, 0.2) is 24.3 Å². The van der Waals surface area contributed by atoms with Crippen LogP contribution in [0.5, 0.6) is 5.75 Å². The predicted octanol–water partition coefficient (Wildman–Crippen LogP) is 1.16. The second kappa shape index (κ2) is 3.79. The first kappa shape index (κ1) is 11.0. The lowest BCUT2D eigenvalue weighted by molar-refractivity contribution is -0.163. The van der Waals surface area contributed by atoms with Gasteiger partial charge < -0.3 is 14.9 Å². The Hall–Kier alpha value is -1.55. The predicted molar refractivity (Wildman–Crippen MR) is 56.7 cm³/mol. The average Bonchev–Trinajstić information content (AvgIpc) is 2.25. The van der Waals surface area contributed by atoms with Gasteiger partial charge in [0.15, 0.2) is 0 Å². The number of esters is 1. The Labute approximate surface area is 93.5 Å². The minimum atomic E-state index is -0.952. The fraction of sp³-hybridized carbons (Fsp3) is 0.417. The average molecular weight is 222 g/mol. The van der Waals surface area contributed by atoms with Gasteiger partial charge in [0.25, 0.3) is 0 Å². The van der Waals surface area contributed by atoms with Crippen molar-refractivity contribution in [3.8, 4) is 5.75 Å². The second-order valence-corrected chi connectivity index (χ2v) is 4.21. The molecule has 0 saturated heterocycles. The number of methoxy groups -OCH3 is 1. The van der Waals surface area contributed by atoms with Crippen molar-refractivity contribution in [3.05, 3.63) is 29.8 Å². The molecular formula is C12H14O4. The molecule has 1 aromatic rings. The number of carbonyl (C=O) groups is 1. The molecule has 2 rings (SSSR count). The first-order valence-corrected chi connectivity index (χ1v) is 5.15. The van der Waals surface area contributed by atoms with Gasteiger partial charge in [-0.2, -0.15) is 0 Å². The summed E-state index contributed by atoms with van der Waals surface area (Å²) >= 11 is 0. The van der Waals surface area contributed by atoms with E-state index in [0.29, 0.717) is 12.8 Å². The summed E-state index contributed by atoms with van der Waals surface area (Å²) in [5.74, 6) is -0.330. The highest BCUT2D eigenvalue weighted by Gasteiger charge is 2.47. The van der Waals surface area contributed by atoms with Crippen molar-refractivity contribution in [2.45, 2.75) is 18.4 Å². The molecule has 0 unspecified atom stereocenters. The molecule has 0 aliphatic heterocycles. The smallest absolute Gasteiger partial charge is 0.308 e. The molecule has 0 heterocycles. The van der Waals surface area contributed by atoms with Crippen molar-refractivity contribution in [2.75, 3.05) is 7.11 Å². The van der Waals surface area contributed by atoms with Gasteiger partial charge in [-0.3, -0.25) is 4.79 Å². The topological polar surface area (TPSA) is 66.8 Å². The summed E-state index contributed by atoms with van der Waals surface area (Å²) in [6, 6.07) is 6.39. The van der Waals surface area contributed by atoms with E-state index in [4.69, 9.17) is 5.11 Å². The van der Waals surface area contributed by atoms with E-state index in [-0.39, 0.29) is 17.6 Å². The molecule has 1 aliphatic carbocycles. The third kappa shape index (κ3) is 1.76. The van der Waals surface area contributed by atoms with Gasteiger partial charge in [0.1, 0.15) is 5.75 Å². The van der Waals surface area contributed by atoms with Gasteiger partial charge in [0, 0.05) is 0 Å². The van der Waals surface area contributed by atoms with Crippen molar-refractivity contribution in [1.82, 2.24) is 0 Å². The van der Waals surface area contributed by atoms with Crippen LogP contribution in [0.25, 0.3) is 0 Å². The van der Waals surface area contributed by atoms with Crippen molar-refractivity contribution in [3.63, 3.8) is 0 Å². The molecule has 0 atom stereocenters. The van der Waals surface area contributed by atoms with E-state index in [2.05, 4.69) is 4.74 Å². The molecule has 0 spiro atoms. The largest absolute Gasteiger partial charge is 0.508 e. The zero-order chi connectivity index (χ0) is 11.8. The maximum Gasteiger partial charge on any atom is 0.308 e. The first-order chi connectivity index (χ1) is 7.55. The molecule has 1 aromatic carbocycles. The molecule has 1 aliphatic rings. The third-order valence-electron chi connectivity index (χ3n) is 3.11. The van der Waals surface area contributed by atoms with Crippen molar-refractivity contribution >= 4 is 5.97 Å². The Morgan fingerprint density at radius 2 is 1.94 bits per heavy atom. The van der Waals surface area contributed by atoms with Gasteiger partial charge in [-0.15, -0.1) is 0 Å². The number of phenols is 1. The highest BCUT2D eigenvalue weighted by atomic mass is 16.5. The SMILES string of the molecule is COC(=O)C1CC(O)(c2ccc(O)cc2)C1. The molecule has 0 amide bonds. The van der Waals surface area contributed by atoms with Crippen LogP contribution < -0.4 is 0 Å². The maximum absolute atomic E-state index is 11.2. The molecule has 4 heteroatoms. The summed E-state index contributed by atoms with van der Waals surface area (Å²) < 4.78 is 4.61. The molecule has 2 N–H and O–H groups in total. The second-order valence-electron chi connectivity index (χ2n) is 4.21. The van der Waals surface area contributed by atoms with E-state index in [9.17, 15) is 9.90 Å². The third-order valence-corrected chi connectivity index (χ3v) is 3.11. The normalized spacial score (nSPS) is 28.2. The number of hydrogen-bond acceptors (Lipinski definition) is 4. The summed E-state index contributed by atoms with van der Waals surface area (Å²) in [5, 5.41) is 19.3. The lowest BCUT2D eigenvalue weighted by Crippen LogP contribution is -2.44. The maximum atomic E-state index is 11.2. The molecular weight excluding hydrogens is 208 g/mol. The quantitative estimate of drug-likeness (QED) is 0.737. The number of phenolic OH excluding ortho intramolecular Hbond substituents is 1. The van der Waals surface area contributed by atoms with Gasteiger partial charge >= 0.3 is 5.97 Å². The van der Waals surface area contributed by atoms with Gasteiger partial charge in [-0.05, 0) is 30.5 Å². The van der Waals surface area contributed by atoms with E-state index < -0.39 is 5.60 Å². The molecule has 4 nitrogen and oxygen atoms in total. The van der Waals surface area contributed by atoms with Crippen LogP contribution in [0.1, 0.15) is 18.4 Å². The number of benzene rings is 1. The van der Waals surface area contributed by atoms with Crippen molar-refractivity contribution < 1.29 is 19.7 Å². The summed E-state index contributed by atoms with van der Waals surface area (Å²) in [4.78, 5) is 11.2. The van der Waals surface area contributed by atoms with E-state index in [0.717, 1.165) is 5.56 Å². The molecule has 86 valence electrons. The molecule has 0 bridgehead atoms. The fourth-order valence-corrected chi connectivity index (χ4v) is 2.10. The summed E-state index contributed by atoms with van der Waals surface area (Å²) in [6.45, 7) is 0. The lowest BCUT2D eigenvalue weighted by Gasteiger charge is -2.42. The number of ether oxygens (including phenoxy) is 1. The Bertz CT molecular complexity index is 390. The van der Waals surface area contributed by atoms with E-state index in [1.54, 1.807) is 12.1 Å². The zero-order valence-corrected chi connectivity index (χ0v) is 9.01. The Morgan fingerprint density at radius 1 is 1.38 bits per heavy atom. The Kier molecular flexibility index (Phi) is 2.59. The molecule has 16 heavy (non-hydrogen) atoms. The van der Waals surface area contributed by atoms with Gasteiger partial charge in [-0.1, -0.05) is 12.1 Å². The summed E-state index contributed by atoms with van der Waals surface area (Å²) in [5.41, 5.74) is -0.225. The van der Waals surface area contributed by atoms with Crippen LogP contribution in [0, 0.1) is 5.92 Å². The molecule has 1 fully saturated rings. The van der Waals surface area contributed by atoms with E-state index in [1.165, 1.54) is 19.2 Å². The minimum Gasteiger partial charge on any atom is -0.508 e. The minimum absolute atomic E-state index is 0.163. The highest BCUT2D eigenvalue weighted by molar-refractivity contribution is 5.74. The number of hydrogen-bond donors (Lipinski definition) is 2. The van der Waals surface area contributed by atoms with Crippen LogP contribution in [0.4, 0.5) is 0 Å². The number of aromatic hydroxyl groups is 1. The summed E-state index contributed by atoms with van der Waals surface area (Å²) in [6.07, 6.45) is 0.759. The number of carbonyl (C=O) groups excluding carboxylic acids is 1. The van der Waals surface area contributed by atoms with Gasteiger partial charge in [0.05, 0.1) is 18.6 Å². The summed E-state index contributed by atoms with van der Waals surface area (Å²) in [7, 11) is 1.35. The zero-order valence-electron chi connectivity index (χ0n) is 9.01. The van der Waals surface area contributed by atoms with Gasteiger partial charge in [-0.25, -0.2) is 0 Å². The molecule has 0 aromatic heterocycles. The van der Waals surface area contributed by atoms with Crippen LogP contribution in [-0.2, 0) is 15.1 Å². The Balaban J connectivity index is 2.07. The van der Waals surface area contributed by atoms with Crippen LogP contribution in [0.2, 0.25) is 0 Å². The van der Waals surface area contributed by atoms with E-state index >= 15 is 0 Å². The lowest BCUT2D eigenvalue weighted by atomic mass is 9.67. The van der Waals surface area contributed by atoms with Crippen molar-refractivity contribution in [2.24, 2.45) is 5.92 Å². The Morgan fingerprint density at radius 3 is 2.44 bits per heavy atom. The molecule has 1 saturated carbocycles. The van der Waals surface area contributed by atoms with E-state index in [1.807, 2.05) is 0 Å². The molecule has 0 radical (unpaired) electrons. The first-order valence-electron chi connectivity index (χ1n) is 5.15. The number of rotatable bonds is 2. The van der Waals surface area contributed by atoms with Crippen LogP contribution >= 0.6 is 0 Å². The van der Waals surface area contributed by atoms with Crippen LogP contribution in [0.3, 0.4) is 0 Å².